The molecule has 0 spiro atoms. The summed E-state index contributed by atoms with van der Waals surface area (Å²) < 4.78 is 5.71. The van der Waals surface area contributed by atoms with Gasteiger partial charge in [-0.2, -0.15) is 0 Å². The summed E-state index contributed by atoms with van der Waals surface area (Å²) in [5.74, 6) is 1.53. The number of aliphatic imine (C=N–C) groups is 1. The van der Waals surface area contributed by atoms with Crippen LogP contribution in [0.1, 0.15) is 11.3 Å². The van der Waals surface area contributed by atoms with Gasteiger partial charge in [0.05, 0.1) is 17.5 Å². The third-order valence-electron chi connectivity index (χ3n) is 3.02. The third kappa shape index (κ3) is 2.01. The van der Waals surface area contributed by atoms with Gasteiger partial charge in [0.15, 0.2) is 6.73 Å². The number of hydrogen-bond acceptors (Lipinski definition) is 5. The molecule has 0 aliphatic carbocycles. The van der Waals surface area contributed by atoms with E-state index in [1.807, 2.05) is 11.0 Å². The maximum atomic E-state index is 5.71. The summed E-state index contributed by atoms with van der Waals surface area (Å²) in [5.41, 5.74) is 2.21. The Hall–Kier alpha value is -2.76. The van der Waals surface area contributed by atoms with E-state index in [-0.39, 0.29) is 0 Å². The van der Waals surface area contributed by atoms with E-state index >= 15 is 0 Å². The number of nitrogens with zero attached hydrogens (tertiary/aromatic N) is 5. The van der Waals surface area contributed by atoms with Crippen LogP contribution in [0, 0.1) is 0 Å². The zero-order chi connectivity index (χ0) is 13.9. The maximum absolute atomic E-state index is 5.71. The first-order valence-electron chi connectivity index (χ1n) is 6.08. The molecule has 1 aliphatic heterocycles. The molecule has 20 heavy (non-hydrogen) atoms. The van der Waals surface area contributed by atoms with Crippen LogP contribution in [0.3, 0.4) is 0 Å². The van der Waals surface area contributed by atoms with Crippen LogP contribution >= 0.6 is 0 Å². The van der Waals surface area contributed by atoms with Gasteiger partial charge in [0.1, 0.15) is 17.3 Å². The van der Waals surface area contributed by atoms with Gasteiger partial charge in [-0.25, -0.2) is 0 Å². The van der Waals surface area contributed by atoms with Crippen LogP contribution in [0.15, 0.2) is 48.6 Å². The van der Waals surface area contributed by atoms with Crippen molar-refractivity contribution in [2.24, 2.45) is 4.99 Å². The minimum Gasteiger partial charge on any atom is -0.472 e. The highest BCUT2D eigenvalue weighted by Crippen LogP contribution is 2.28. The van der Waals surface area contributed by atoms with Crippen LogP contribution in [0.5, 0.6) is 5.75 Å². The summed E-state index contributed by atoms with van der Waals surface area (Å²) in [7, 11) is 1.73. The largest absolute Gasteiger partial charge is 0.472 e. The highest BCUT2D eigenvalue weighted by atomic mass is 16.5. The van der Waals surface area contributed by atoms with Crippen LogP contribution in [0.4, 0.5) is 0 Å². The minimum absolute atomic E-state index is 0.332. The molecule has 0 bridgehead atoms. The predicted octanol–water partition coefficient (Wildman–Crippen LogP) is 1.57. The molecule has 0 N–H and O–H groups in total. The Morgan fingerprint density at radius 1 is 1.30 bits per heavy atom. The average Bonchev–Trinajstić information content (AvgIpc) is 2.54. The molecule has 100 valence electrons. The lowest BCUT2D eigenvalue weighted by Gasteiger charge is -2.32. The third-order valence-corrected chi connectivity index (χ3v) is 3.02. The maximum Gasteiger partial charge on any atom is 0.166 e. The van der Waals surface area contributed by atoms with Crippen molar-refractivity contribution in [1.82, 2.24) is 19.9 Å². The van der Waals surface area contributed by atoms with E-state index in [0.717, 1.165) is 17.1 Å². The molecule has 3 heterocycles. The fraction of sp³-hybridized carbons (Fsp3) is 0.143. The quantitative estimate of drug-likeness (QED) is 0.826. The Morgan fingerprint density at radius 2 is 2.15 bits per heavy atom. The number of rotatable bonds is 2. The van der Waals surface area contributed by atoms with Crippen molar-refractivity contribution in [3.63, 3.8) is 0 Å². The van der Waals surface area contributed by atoms with E-state index in [0.29, 0.717) is 18.1 Å². The van der Waals surface area contributed by atoms with Crippen molar-refractivity contribution >= 4 is 11.5 Å². The molecule has 1 aliphatic rings. The Labute approximate surface area is 116 Å². The molecule has 2 aromatic rings. The highest BCUT2D eigenvalue weighted by Gasteiger charge is 2.26. The molecule has 6 heteroatoms. The second-order valence-electron chi connectivity index (χ2n) is 4.16. The fourth-order valence-corrected chi connectivity index (χ4v) is 2.05. The molecule has 0 amide bonds. The van der Waals surface area contributed by atoms with Crippen LogP contribution in [-0.2, 0) is 0 Å². The second-order valence-corrected chi connectivity index (χ2v) is 4.16. The molecule has 0 fully saturated rings. The van der Waals surface area contributed by atoms with Gasteiger partial charge >= 0.3 is 0 Å². The molecule has 0 unspecified atom stereocenters. The Balaban J connectivity index is 1.99. The zero-order valence-corrected chi connectivity index (χ0v) is 11.0. The monoisotopic (exact) mass is 267 g/mol. The summed E-state index contributed by atoms with van der Waals surface area (Å²) in [4.78, 5) is 18.6. The summed E-state index contributed by atoms with van der Waals surface area (Å²) >= 11 is 0. The predicted molar refractivity (Wildman–Crippen MR) is 75.1 cm³/mol. The van der Waals surface area contributed by atoms with Gasteiger partial charge in [-0.1, -0.05) is 6.58 Å². The van der Waals surface area contributed by atoms with Crippen LogP contribution < -0.4 is 4.74 Å². The standard InChI is InChI=1S/C14H13N5O/c1-10(12-8-17-5-6-18-12)19-9-20-13-3-4-16-7-11(13)14(19)15-2/h3-8H,1,9H2,2H3. The first-order chi connectivity index (χ1) is 9.81. The van der Waals surface area contributed by atoms with Crippen LogP contribution in [0.2, 0.25) is 0 Å². The number of fused-ring (bicyclic) bond motifs is 1. The van der Waals surface area contributed by atoms with E-state index in [9.17, 15) is 0 Å². The second kappa shape index (κ2) is 5.08. The lowest BCUT2D eigenvalue weighted by atomic mass is 10.1. The molecular formula is C14H13N5O. The lowest BCUT2D eigenvalue weighted by Crippen LogP contribution is -2.38. The average molecular weight is 267 g/mol. The summed E-state index contributed by atoms with van der Waals surface area (Å²) in [6, 6.07) is 1.82. The summed E-state index contributed by atoms with van der Waals surface area (Å²) in [6.07, 6.45) is 8.34. The first-order valence-corrected chi connectivity index (χ1v) is 6.08. The first kappa shape index (κ1) is 12.3. The Kier molecular flexibility index (Phi) is 3.12. The molecule has 3 rings (SSSR count). The van der Waals surface area contributed by atoms with Crippen molar-refractivity contribution in [1.29, 1.82) is 0 Å². The topological polar surface area (TPSA) is 63.5 Å². The summed E-state index contributed by atoms with van der Waals surface area (Å²) in [6.45, 7) is 4.39. The number of hydrogen-bond donors (Lipinski definition) is 0. The van der Waals surface area contributed by atoms with Gasteiger partial charge in [-0.3, -0.25) is 24.8 Å². The molecule has 2 aromatic heterocycles. The Bertz CT molecular complexity index is 668. The van der Waals surface area contributed by atoms with Crippen molar-refractivity contribution in [2.75, 3.05) is 13.8 Å². The van der Waals surface area contributed by atoms with Crippen LogP contribution in [0.25, 0.3) is 5.70 Å². The van der Waals surface area contributed by atoms with E-state index in [4.69, 9.17) is 4.74 Å². The van der Waals surface area contributed by atoms with Gasteiger partial charge in [0.25, 0.3) is 0 Å². The lowest BCUT2D eigenvalue weighted by molar-refractivity contribution is 0.224. The Morgan fingerprint density at radius 3 is 2.90 bits per heavy atom. The molecule has 6 nitrogen and oxygen atoms in total. The van der Waals surface area contributed by atoms with Gasteiger partial charge in [0.2, 0.25) is 0 Å². The molecule has 0 saturated carbocycles. The van der Waals surface area contributed by atoms with E-state index in [1.54, 1.807) is 38.0 Å². The number of pyridine rings is 1. The van der Waals surface area contributed by atoms with E-state index < -0.39 is 0 Å². The van der Waals surface area contributed by atoms with Gasteiger partial charge < -0.3 is 4.74 Å². The van der Waals surface area contributed by atoms with E-state index in [1.165, 1.54) is 0 Å². The van der Waals surface area contributed by atoms with Crippen molar-refractivity contribution in [3.05, 3.63) is 54.9 Å². The number of aromatic nitrogens is 3. The molecule has 0 atom stereocenters. The SMILES string of the molecule is C=C(c1cnccn1)N1COc2ccncc2C1=NC. The normalized spacial score (nSPS) is 15.7. The summed E-state index contributed by atoms with van der Waals surface area (Å²) in [5, 5.41) is 0. The van der Waals surface area contributed by atoms with Crippen molar-refractivity contribution < 1.29 is 4.74 Å². The van der Waals surface area contributed by atoms with Gasteiger partial charge in [0, 0.05) is 31.8 Å². The fourth-order valence-electron chi connectivity index (χ4n) is 2.05. The zero-order valence-electron chi connectivity index (χ0n) is 11.0. The van der Waals surface area contributed by atoms with Gasteiger partial charge in [-0.15, -0.1) is 0 Å². The molecular weight excluding hydrogens is 254 g/mol. The van der Waals surface area contributed by atoms with Gasteiger partial charge in [-0.05, 0) is 6.07 Å². The number of ether oxygens (including phenoxy) is 1. The molecule has 0 aromatic carbocycles. The number of amidine groups is 1. The smallest absolute Gasteiger partial charge is 0.166 e. The minimum atomic E-state index is 0.332. The van der Waals surface area contributed by atoms with E-state index in [2.05, 4.69) is 26.5 Å². The van der Waals surface area contributed by atoms with Crippen molar-refractivity contribution in [3.8, 4) is 5.75 Å². The molecule has 0 radical (unpaired) electrons. The van der Waals surface area contributed by atoms with Crippen molar-refractivity contribution in [2.45, 2.75) is 0 Å². The molecule has 0 saturated heterocycles. The van der Waals surface area contributed by atoms with Crippen LogP contribution in [-0.4, -0.2) is 39.5 Å². The highest BCUT2D eigenvalue weighted by molar-refractivity contribution is 6.05.